The van der Waals surface area contributed by atoms with E-state index >= 15 is 0 Å². The highest BCUT2D eigenvalue weighted by atomic mass is 32.2. The average Bonchev–Trinajstić information content (AvgIpc) is 2.88. The molecule has 0 bridgehead atoms. The molecule has 1 N–H and O–H groups in total. The number of nitrogens with zero attached hydrogens (tertiary/aromatic N) is 2. The third-order valence-electron chi connectivity index (χ3n) is 3.11. The Kier molecular flexibility index (Phi) is 5.21. The highest BCUT2D eigenvalue weighted by molar-refractivity contribution is 7.99. The Morgan fingerprint density at radius 1 is 1.43 bits per heavy atom. The van der Waals surface area contributed by atoms with Crippen LogP contribution in [0.5, 0.6) is 0 Å². The quantitative estimate of drug-likeness (QED) is 0.648. The van der Waals surface area contributed by atoms with Gasteiger partial charge in [-0.25, -0.2) is 9.89 Å². The van der Waals surface area contributed by atoms with Crippen LogP contribution in [0, 0.1) is 0 Å². The van der Waals surface area contributed by atoms with E-state index in [2.05, 4.69) is 10.2 Å². The van der Waals surface area contributed by atoms with Crippen LogP contribution >= 0.6 is 11.8 Å². The van der Waals surface area contributed by atoms with Crippen molar-refractivity contribution in [2.45, 2.75) is 24.5 Å². The monoisotopic (exact) mass is 307 g/mol. The number of methoxy groups -OCH3 is 1. The summed E-state index contributed by atoms with van der Waals surface area (Å²) in [5.74, 6) is -0.228. The van der Waals surface area contributed by atoms with Crippen LogP contribution in [0.15, 0.2) is 40.3 Å². The molecule has 2 aromatic rings. The van der Waals surface area contributed by atoms with E-state index in [1.807, 2.05) is 37.3 Å². The molecule has 0 amide bonds. The highest BCUT2D eigenvalue weighted by Gasteiger charge is 2.22. The van der Waals surface area contributed by atoms with Crippen molar-refractivity contribution < 1.29 is 9.53 Å². The Bertz CT molecular complexity index is 651. The van der Waals surface area contributed by atoms with Gasteiger partial charge >= 0.3 is 11.7 Å². The zero-order chi connectivity index (χ0) is 15.2. The van der Waals surface area contributed by atoms with Gasteiger partial charge in [0.05, 0.1) is 13.0 Å². The van der Waals surface area contributed by atoms with Gasteiger partial charge in [0.2, 0.25) is 0 Å². The number of aromatic amines is 1. The maximum atomic E-state index is 12.0. The number of esters is 1. The first kappa shape index (κ1) is 15.4. The summed E-state index contributed by atoms with van der Waals surface area (Å²) in [5.41, 5.74) is 0.645. The molecular formula is C14H17N3O3S. The second kappa shape index (κ2) is 7.12. The number of benzene rings is 1. The smallest absolute Gasteiger partial charge is 0.343 e. The van der Waals surface area contributed by atoms with Gasteiger partial charge in [0.25, 0.3) is 0 Å². The van der Waals surface area contributed by atoms with E-state index in [0.717, 1.165) is 5.56 Å². The molecule has 112 valence electrons. The number of carbonyl (C=O) groups excluding carboxylic acids is 1. The molecule has 2 rings (SSSR count). The van der Waals surface area contributed by atoms with Crippen LogP contribution in [0.25, 0.3) is 0 Å². The number of thioether (sulfide) groups is 1. The van der Waals surface area contributed by atoms with Crippen LogP contribution < -0.4 is 5.69 Å². The molecule has 6 nitrogen and oxygen atoms in total. The molecule has 21 heavy (non-hydrogen) atoms. The van der Waals surface area contributed by atoms with Crippen LogP contribution in [0.1, 0.15) is 18.4 Å². The molecule has 0 fully saturated rings. The number of nitrogens with one attached hydrogen (secondary N) is 1. The molecule has 0 saturated carbocycles. The molecule has 7 heteroatoms. The number of aromatic nitrogens is 3. The SMILES string of the molecule is CCn1c(SCC(C(=O)OC)c2ccccc2)n[nH]c1=O. The van der Waals surface area contributed by atoms with E-state index in [0.29, 0.717) is 17.5 Å². The molecule has 0 aliphatic rings. The van der Waals surface area contributed by atoms with Crippen LogP contribution in [-0.4, -0.2) is 33.6 Å². The summed E-state index contributed by atoms with van der Waals surface area (Å²) in [7, 11) is 1.37. The van der Waals surface area contributed by atoms with Gasteiger partial charge in [-0.3, -0.25) is 9.36 Å². The molecule has 1 atom stereocenters. The predicted octanol–water partition coefficient (Wildman–Crippen LogP) is 1.64. The second-order valence-corrected chi connectivity index (χ2v) is 5.34. The van der Waals surface area contributed by atoms with E-state index in [-0.39, 0.29) is 11.7 Å². The fourth-order valence-corrected chi connectivity index (χ4v) is 3.10. The summed E-state index contributed by atoms with van der Waals surface area (Å²) < 4.78 is 6.40. The summed E-state index contributed by atoms with van der Waals surface area (Å²) in [6, 6.07) is 9.44. The molecule has 0 aliphatic carbocycles. The largest absolute Gasteiger partial charge is 0.469 e. The molecule has 1 heterocycles. The van der Waals surface area contributed by atoms with Gasteiger partial charge in [0, 0.05) is 12.3 Å². The maximum absolute atomic E-state index is 12.0. The number of ether oxygens (including phenoxy) is 1. The third-order valence-corrected chi connectivity index (χ3v) is 4.18. The number of H-pyrrole nitrogens is 1. The minimum atomic E-state index is -0.390. The van der Waals surface area contributed by atoms with Gasteiger partial charge in [-0.2, -0.15) is 0 Å². The highest BCUT2D eigenvalue weighted by Crippen LogP contribution is 2.25. The Hall–Kier alpha value is -2.02. The van der Waals surface area contributed by atoms with Crippen molar-refractivity contribution in [3.8, 4) is 0 Å². The number of hydrogen-bond acceptors (Lipinski definition) is 5. The van der Waals surface area contributed by atoms with E-state index in [4.69, 9.17) is 4.74 Å². The topological polar surface area (TPSA) is 77.0 Å². The maximum Gasteiger partial charge on any atom is 0.343 e. The number of hydrogen-bond donors (Lipinski definition) is 1. The molecule has 0 spiro atoms. The summed E-state index contributed by atoms with van der Waals surface area (Å²) in [4.78, 5) is 23.5. The third kappa shape index (κ3) is 3.55. The second-order valence-electron chi connectivity index (χ2n) is 4.35. The predicted molar refractivity (Wildman–Crippen MR) is 80.4 cm³/mol. The fraction of sp³-hybridized carbons (Fsp3) is 0.357. The minimum Gasteiger partial charge on any atom is -0.469 e. The van der Waals surface area contributed by atoms with E-state index in [9.17, 15) is 9.59 Å². The lowest BCUT2D eigenvalue weighted by atomic mass is 10.0. The molecule has 1 aromatic carbocycles. The normalized spacial score (nSPS) is 12.1. The first-order valence-corrected chi connectivity index (χ1v) is 7.56. The van der Waals surface area contributed by atoms with Gasteiger partial charge in [0.1, 0.15) is 0 Å². The van der Waals surface area contributed by atoms with Crippen molar-refractivity contribution in [2.75, 3.05) is 12.9 Å². The van der Waals surface area contributed by atoms with E-state index in [1.54, 1.807) is 0 Å². The molecular weight excluding hydrogens is 290 g/mol. The van der Waals surface area contributed by atoms with Crippen LogP contribution in [0.3, 0.4) is 0 Å². The lowest BCUT2D eigenvalue weighted by Crippen LogP contribution is -2.18. The van der Waals surface area contributed by atoms with Crippen molar-refractivity contribution in [2.24, 2.45) is 0 Å². The standard InChI is InChI=1S/C14H17N3O3S/c1-3-17-13(19)15-16-14(17)21-9-11(12(18)20-2)10-7-5-4-6-8-10/h4-8,11H,3,9H2,1-2H3,(H,15,19). The molecule has 0 radical (unpaired) electrons. The Balaban J connectivity index is 2.16. The van der Waals surface area contributed by atoms with Crippen molar-refractivity contribution >= 4 is 17.7 Å². The van der Waals surface area contributed by atoms with Gasteiger partial charge in [-0.15, -0.1) is 5.10 Å². The summed E-state index contributed by atoms with van der Waals surface area (Å²) in [5, 5.41) is 6.97. The number of carbonyl (C=O) groups is 1. The number of rotatable bonds is 6. The van der Waals surface area contributed by atoms with Gasteiger partial charge < -0.3 is 4.74 Å². The zero-order valence-corrected chi connectivity index (χ0v) is 12.7. The van der Waals surface area contributed by atoms with Gasteiger partial charge in [-0.05, 0) is 12.5 Å². The van der Waals surface area contributed by atoms with Crippen LogP contribution in [0.2, 0.25) is 0 Å². The summed E-state index contributed by atoms with van der Waals surface area (Å²) in [6.45, 7) is 2.40. The van der Waals surface area contributed by atoms with Crippen LogP contribution in [0.4, 0.5) is 0 Å². The Morgan fingerprint density at radius 3 is 2.76 bits per heavy atom. The first-order chi connectivity index (χ1) is 10.2. The summed E-state index contributed by atoms with van der Waals surface area (Å²) >= 11 is 1.36. The van der Waals surface area contributed by atoms with Crippen molar-refractivity contribution in [3.63, 3.8) is 0 Å². The molecule has 1 aromatic heterocycles. The van der Waals surface area contributed by atoms with Crippen LogP contribution in [-0.2, 0) is 16.1 Å². The van der Waals surface area contributed by atoms with E-state index in [1.165, 1.54) is 23.4 Å². The van der Waals surface area contributed by atoms with Gasteiger partial charge in [-0.1, -0.05) is 42.1 Å². The summed E-state index contributed by atoms with van der Waals surface area (Å²) in [6.07, 6.45) is 0. The van der Waals surface area contributed by atoms with Crippen molar-refractivity contribution in [3.05, 3.63) is 46.4 Å². The lowest BCUT2D eigenvalue weighted by molar-refractivity contribution is -0.141. The van der Waals surface area contributed by atoms with Crippen molar-refractivity contribution in [1.29, 1.82) is 0 Å². The fourth-order valence-electron chi connectivity index (χ4n) is 1.98. The Morgan fingerprint density at radius 2 is 2.14 bits per heavy atom. The molecule has 1 unspecified atom stereocenters. The average molecular weight is 307 g/mol. The lowest BCUT2D eigenvalue weighted by Gasteiger charge is -2.14. The zero-order valence-electron chi connectivity index (χ0n) is 11.9. The Labute approximate surface area is 126 Å². The molecule has 0 saturated heterocycles. The molecule has 0 aliphatic heterocycles. The van der Waals surface area contributed by atoms with Crippen molar-refractivity contribution in [1.82, 2.24) is 14.8 Å². The minimum absolute atomic E-state index is 0.241. The van der Waals surface area contributed by atoms with Gasteiger partial charge in [0.15, 0.2) is 5.16 Å². The first-order valence-electron chi connectivity index (χ1n) is 6.58. The van der Waals surface area contributed by atoms with E-state index < -0.39 is 5.92 Å².